The smallest absolute Gasteiger partial charge is 0.261 e. The first-order valence-corrected chi connectivity index (χ1v) is 9.02. The Hall–Kier alpha value is -2.33. The van der Waals surface area contributed by atoms with Crippen molar-refractivity contribution < 1.29 is 22.3 Å². The van der Waals surface area contributed by atoms with Crippen molar-refractivity contribution in [2.45, 2.75) is 5.75 Å². The molecule has 0 fully saturated rings. The van der Waals surface area contributed by atoms with E-state index in [2.05, 4.69) is 14.7 Å². The van der Waals surface area contributed by atoms with Gasteiger partial charge >= 0.3 is 0 Å². The maximum atomic E-state index is 12.3. The van der Waals surface area contributed by atoms with Gasteiger partial charge in [0.05, 0.1) is 19.1 Å². The highest BCUT2D eigenvalue weighted by Crippen LogP contribution is 2.25. The number of hydrogen-bond acceptors (Lipinski definition) is 7. The van der Waals surface area contributed by atoms with Crippen LogP contribution in [0.25, 0.3) is 0 Å². The van der Waals surface area contributed by atoms with Crippen LogP contribution < -0.4 is 19.9 Å². The van der Waals surface area contributed by atoms with Crippen LogP contribution in [-0.4, -0.2) is 38.8 Å². The first-order valence-electron chi connectivity index (χ1n) is 6.99. The SMILES string of the molecule is COc1nc(NS(=O)(=O)Cc2ccc(Cl)cc2N)ncc1OCCF. The minimum Gasteiger partial charge on any atom is -0.484 e. The molecule has 0 radical (unpaired) electrons. The maximum absolute atomic E-state index is 12.3. The summed E-state index contributed by atoms with van der Waals surface area (Å²) in [6.45, 7) is -0.888. The van der Waals surface area contributed by atoms with E-state index in [1.807, 2.05) is 0 Å². The Labute approximate surface area is 149 Å². The van der Waals surface area contributed by atoms with Crippen molar-refractivity contribution in [1.82, 2.24) is 9.97 Å². The van der Waals surface area contributed by atoms with Crippen LogP contribution in [0.3, 0.4) is 0 Å². The summed E-state index contributed by atoms with van der Waals surface area (Å²) in [5.41, 5.74) is 6.40. The lowest BCUT2D eigenvalue weighted by molar-refractivity contribution is 0.256. The molecule has 1 aromatic heterocycles. The van der Waals surface area contributed by atoms with Crippen molar-refractivity contribution in [1.29, 1.82) is 0 Å². The third-order valence-corrected chi connectivity index (χ3v) is 4.37. The molecule has 1 heterocycles. The van der Waals surface area contributed by atoms with Crippen LogP contribution in [0.2, 0.25) is 5.02 Å². The van der Waals surface area contributed by atoms with Gasteiger partial charge in [-0.25, -0.2) is 17.8 Å². The Morgan fingerprint density at radius 1 is 1.40 bits per heavy atom. The van der Waals surface area contributed by atoms with E-state index in [-0.39, 0.29) is 35.6 Å². The van der Waals surface area contributed by atoms with Gasteiger partial charge in [0, 0.05) is 10.7 Å². The quantitative estimate of drug-likeness (QED) is 0.662. The third kappa shape index (κ3) is 5.33. The Morgan fingerprint density at radius 3 is 2.80 bits per heavy atom. The summed E-state index contributed by atoms with van der Waals surface area (Å²) in [4.78, 5) is 7.71. The summed E-state index contributed by atoms with van der Waals surface area (Å²) < 4.78 is 48.9. The van der Waals surface area contributed by atoms with Gasteiger partial charge in [-0.15, -0.1) is 0 Å². The van der Waals surface area contributed by atoms with E-state index in [1.54, 1.807) is 6.07 Å². The number of aromatic nitrogens is 2. The molecule has 0 amide bonds. The minimum absolute atomic E-state index is 0.0212. The van der Waals surface area contributed by atoms with Gasteiger partial charge in [-0.3, -0.25) is 4.72 Å². The number of alkyl halides is 1. The summed E-state index contributed by atoms with van der Waals surface area (Å²) in [5.74, 6) is -0.518. The van der Waals surface area contributed by atoms with Crippen LogP contribution in [0.15, 0.2) is 24.4 Å². The molecule has 0 saturated heterocycles. The van der Waals surface area contributed by atoms with Crippen LogP contribution in [0.4, 0.5) is 16.0 Å². The van der Waals surface area contributed by atoms with Gasteiger partial charge in [0.25, 0.3) is 5.88 Å². The van der Waals surface area contributed by atoms with E-state index in [0.717, 1.165) is 0 Å². The fourth-order valence-electron chi connectivity index (χ4n) is 1.88. The van der Waals surface area contributed by atoms with Gasteiger partial charge in [0.2, 0.25) is 16.0 Å². The highest BCUT2D eigenvalue weighted by atomic mass is 35.5. The molecular formula is C14H16ClFN4O4S. The molecular weight excluding hydrogens is 375 g/mol. The summed E-state index contributed by atoms with van der Waals surface area (Å²) in [7, 11) is -2.52. The van der Waals surface area contributed by atoms with Crippen LogP contribution in [0, 0.1) is 0 Å². The first-order chi connectivity index (χ1) is 11.8. The molecule has 11 heteroatoms. The molecule has 0 aliphatic heterocycles. The zero-order valence-electron chi connectivity index (χ0n) is 13.2. The number of nitrogens with one attached hydrogen (secondary N) is 1. The van der Waals surface area contributed by atoms with Crippen molar-refractivity contribution >= 4 is 33.3 Å². The summed E-state index contributed by atoms with van der Waals surface area (Å²) >= 11 is 5.79. The van der Waals surface area contributed by atoms with Crippen LogP contribution in [0.5, 0.6) is 11.6 Å². The molecule has 0 unspecified atom stereocenters. The fourth-order valence-corrected chi connectivity index (χ4v) is 3.18. The van der Waals surface area contributed by atoms with E-state index in [0.29, 0.717) is 10.6 Å². The molecule has 0 aliphatic rings. The molecule has 136 valence electrons. The highest BCUT2D eigenvalue weighted by molar-refractivity contribution is 7.91. The van der Waals surface area contributed by atoms with Crippen LogP contribution >= 0.6 is 11.6 Å². The Balaban J connectivity index is 2.16. The van der Waals surface area contributed by atoms with E-state index < -0.39 is 16.7 Å². The van der Waals surface area contributed by atoms with E-state index in [9.17, 15) is 12.8 Å². The minimum atomic E-state index is -3.83. The van der Waals surface area contributed by atoms with Gasteiger partial charge in [-0.05, 0) is 17.7 Å². The molecule has 2 rings (SSSR count). The molecule has 0 saturated carbocycles. The largest absolute Gasteiger partial charge is 0.484 e. The second kappa shape index (κ2) is 8.17. The number of nitrogen functional groups attached to an aromatic ring is 1. The summed E-state index contributed by atoms with van der Waals surface area (Å²) in [5, 5.41) is 0.406. The van der Waals surface area contributed by atoms with Gasteiger partial charge in [-0.1, -0.05) is 17.7 Å². The molecule has 0 atom stereocenters. The standard InChI is InChI=1S/C14H16ClFN4O4S/c1-23-13-12(24-5-4-16)7-18-14(19-13)20-25(21,22)8-9-2-3-10(15)6-11(9)17/h2-3,6-7H,4-5,8,17H2,1H3,(H,18,19,20). The van der Waals surface area contributed by atoms with Gasteiger partial charge in [0.1, 0.15) is 13.3 Å². The number of anilines is 2. The van der Waals surface area contributed by atoms with Crippen molar-refractivity contribution in [2.24, 2.45) is 0 Å². The number of benzene rings is 1. The number of sulfonamides is 1. The van der Waals surface area contributed by atoms with Crippen LogP contribution in [-0.2, 0) is 15.8 Å². The number of nitrogens with two attached hydrogens (primary N) is 1. The van der Waals surface area contributed by atoms with Crippen molar-refractivity contribution in [2.75, 3.05) is 30.8 Å². The fraction of sp³-hybridized carbons (Fsp3) is 0.286. The topological polar surface area (TPSA) is 116 Å². The Bertz CT molecular complexity index is 851. The van der Waals surface area contributed by atoms with Gasteiger partial charge in [0.15, 0.2) is 5.75 Å². The van der Waals surface area contributed by atoms with Crippen molar-refractivity contribution in [3.8, 4) is 11.6 Å². The second-order valence-electron chi connectivity index (χ2n) is 4.81. The molecule has 3 N–H and O–H groups in total. The number of rotatable bonds is 8. The highest BCUT2D eigenvalue weighted by Gasteiger charge is 2.17. The lowest BCUT2D eigenvalue weighted by Crippen LogP contribution is -2.18. The van der Waals surface area contributed by atoms with Gasteiger partial charge < -0.3 is 15.2 Å². The van der Waals surface area contributed by atoms with Gasteiger partial charge in [-0.2, -0.15) is 4.98 Å². The number of halogens is 2. The predicted octanol–water partition coefficient (Wildman–Crippen LogP) is 2.01. The van der Waals surface area contributed by atoms with E-state index >= 15 is 0 Å². The average molecular weight is 391 g/mol. The molecule has 0 bridgehead atoms. The molecule has 0 aliphatic carbocycles. The van der Waals surface area contributed by atoms with E-state index in [4.69, 9.17) is 26.8 Å². The monoisotopic (exact) mass is 390 g/mol. The number of nitrogens with zero attached hydrogens (tertiary/aromatic N) is 2. The molecule has 1 aromatic carbocycles. The van der Waals surface area contributed by atoms with Crippen molar-refractivity contribution in [3.63, 3.8) is 0 Å². The van der Waals surface area contributed by atoms with E-state index in [1.165, 1.54) is 25.4 Å². The molecule has 2 aromatic rings. The number of hydrogen-bond donors (Lipinski definition) is 2. The normalized spacial score (nSPS) is 11.2. The zero-order chi connectivity index (χ0) is 18.4. The molecule has 8 nitrogen and oxygen atoms in total. The lowest BCUT2D eigenvalue weighted by Gasteiger charge is -2.11. The second-order valence-corrected chi connectivity index (χ2v) is 6.97. The Kier molecular flexibility index (Phi) is 6.21. The zero-order valence-corrected chi connectivity index (χ0v) is 14.8. The predicted molar refractivity (Wildman–Crippen MR) is 92.2 cm³/mol. The molecule has 0 spiro atoms. The first kappa shape index (κ1) is 19.0. The van der Waals surface area contributed by atoms with Crippen molar-refractivity contribution in [3.05, 3.63) is 35.0 Å². The average Bonchev–Trinajstić information content (AvgIpc) is 2.55. The maximum Gasteiger partial charge on any atom is 0.261 e. The summed E-state index contributed by atoms with van der Waals surface area (Å²) in [6, 6.07) is 4.52. The van der Waals surface area contributed by atoms with Crippen LogP contribution in [0.1, 0.15) is 5.56 Å². The summed E-state index contributed by atoms with van der Waals surface area (Å²) in [6.07, 6.45) is 1.19. The lowest BCUT2D eigenvalue weighted by atomic mass is 10.2. The third-order valence-electron chi connectivity index (χ3n) is 2.95. The number of ether oxygens (including phenoxy) is 2. The Morgan fingerprint density at radius 2 is 2.16 bits per heavy atom. The molecule has 25 heavy (non-hydrogen) atoms. The number of methoxy groups -OCH3 is 1.